The maximum absolute atomic E-state index is 10.6. The van der Waals surface area contributed by atoms with Crippen LogP contribution in [0.15, 0.2) is 12.5 Å². The number of carbonyl (C=O) groups excluding carboxylic acids is 1. The minimum absolute atomic E-state index is 0.0575. The van der Waals surface area contributed by atoms with E-state index in [9.17, 15) is 4.79 Å². The molecule has 0 aromatic carbocycles. The number of imidazole rings is 1. The molecule has 1 aromatic rings. The number of H-pyrrole nitrogens is 1. The largest absolute Gasteiger partial charge is 0.444 e. The number of ether oxygens (including phenoxy) is 1. The molecule has 2 rings (SSSR count). The minimum Gasteiger partial charge on any atom is -0.444 e. The summed E-state index contributed by atoms with van der Waals surface area (Å²) in [6.07, 6.45) is 3.64. The van der Waals surface area contributed by atoms with Gasteiger partial charge in [0.1, 0.15) is 6.10 Å². The fourth-order valence-corrected chi connectivity index (χ4v) is 1.19. The van der Waals surface area contributed by atoms with Gasteiger partial charge in [0, 0.05) is 18.3 Å². The first-order valence-electron chi connectivity index (χ1n) is 3.76. The van der Waals surface area contributed by atoms with E-state index in [0.717, 1.165) is 5.69 Å². The fraction of sp³-hybridized carbons (Fsp3) is 0.429. The van der Waals surface area contributed by atoms with E-state index in [1.165, 1.54) is 0 Å². The molecule has 1 aliphatic heterocycles. The van der Waals surface area contributed by atoms with E-state index in [2.05, 4.69) is 15.3 Å². The van der Waals surface area contributed by atoms with Crippen molar-refractivity contribution in [3.8, 4) is 0 Å². The van der Waals surface area contributed by atoms with Gasteiger partial charge in [0.05, 0.1) is 12.9 Å². The minimum atomic E-state index is -0.334. The van der Waals surface area contributed by atoms with Crippen molar-refractivity contribution in [2.75, 3.05) is 6.54 Å². The summed E-state index contributed by atoms with van der Waals surface area (Å²) >= 11 is 0. The maximum atomic E-state index is 10.6. The highest BCUT2D eigenvalue weighted by molar-refractivity contribution is 5.69. The smallest absolute Gasteiger partial charge is 0.407 e. The molecule has 1 saturated heterocycles. The number of rotatable bonds is 2. The standard InChI is InChI=1S/C7H9N3O2/c11-7-9-3-6(12-7)1-5-2-8-4-10-5/h2,4,6H,1,3H2,(H,8,10)(H,9,11). The normalized spacial score (nSPS) is 22.0. The van der Waals surface area contributed by atoms with E-state index in [1.54, 1.807) is 12.5 Å². The molecule has 5 nitrogen and oxygen atoms in total. The van der Waals surface area contributed by atoms with Gasteiger partial charge < -0.3 is 15.0 Å². The number of hydrogen-bond acceptors (Lipinski definition) is 3. The van der Waals surface area contributed by atoms with Crippen molar-refractivity contribution in [3.63, 3.8) is 0 Å². The third kappa shape index (κ3) is 1.39. The molecular formula is C7H9N3O2. The third-order valence-corrected chi connectivity index (χ3v) is 1.75. The predicted molar refractivity (Wildman–Crippen MR) is 40.6 cm³/mol. The number of hydrogen-bond donors (Lipinski definition) is 2. The van der Waals surface area contributed by atoms with Crippen LogP contribution in [-0.4, -0.2) is 28.7 Å². The van der Waals surface area contributed by atoms with Gasteiger partial charge in [-0.05, 0) is 0 Å². The third-order valence-electron chi connectivity index (χ3n) is 1.75. The first kappa shape index (κ1) is 7.15. The summed E-state index contributed by atoms with van der Waals surface area (Å²) in [5, 5.41) is 2.59. The van der Waals surface area contributed by atoms with Crippen molar-refractivity contribution < 1.29 is 9.53 Å². The summed E-state index contributed by atoms with van der Waals surface area (Å²) in [7, 11) is 0. The number of aromatic nitrogens is 2. The molecule has 1 fully saturated rings. The van der Waals surface area contributed by atoms with Crippen LogP contribution in [0.4, 0.5) is 4.79 Å². The number of alkyl carbamates (subject to hydrolysis) is 1. The highest BCUT2D eigenvalue weighted by atomic mass is 16.6. The Labute approximate surface area is 69.1 Å². The molecule has 0 aliphatic carbocycles. The zero-order valence-corrected chi connectivity index (χ0v) is 6.41. The summed E-state index contributed by atoms with van der Waals surface area (Å²) in [4.78, 5) is 17.4. The van der Waals surface area contributed by atoms with Gasteiger partial charge in [-0.25, -0.2) is 9.78 Å². The summed E-state index contributed by atoms with van der Waals surface area (Å²) in [6.45, 7) is 0.581. The number of cyclic esters (lactones) is 1. The van der Waals surface area contributed by atoms with Crippen molar-refractivity contribution in [2.45, 2.75) is 12.5 Å². The molecule has 1 aliphatic rings. The summed E-state index contributed by atoms with van der Waals surface area (Å²) in [5.74, 6) is 0. The van der Waals surface area contributed by atoms with Gasteiger partial charge in [0.15, 0.2) is 0 Å². The topological polar surface area (TPSA) is 67.0 Å². The lowest BCUT2D eigenvalue weighted by Crippen LogP contribution is -2.16. The van der Waals surface area contributed by atoms with E-state index in [1.807, 2.05) is 0 Å². The molecule has 2 heterocycles. The van der Waals surface area contributed by atoms with E-state index in [0.29, 0.717) is 13.0 Å². The van der Waals surface area contributed by atoms with Crippen LogP contribution >= 0.6 is 0 Å². The molecule has 12 heavy (non-hydrogen) atoms. The van der Waals surface area contributed by atoms with Crippen molar-refractivity contribution in [3.05, 3.63) is 18.2 Å². The van der Waals surface area contributed by atoms with Crippen LogP contribution in [0.25, 0.3) is 0 Å². The molecule has 1 amide bonds. The SMILES string of the molecule is O=C1NCC(Cc2cnc[nH]2)O1. The highest BCUT2D eigenvalue weighted by Crippen LogP contribution is 2.06. The lowest BCUT2D eigenvalue weighted by Gasteiger charge is -2.03. The molecule has 64 valence electrons. The average Bonchev–Trinajstić information content (AvgIpc) is 2.63. The van der Waals surface area contributed by atoms with Crippen LogP contribution < -0.4 is 5.32 Å². The molecule has 5 heteroatoms. The van der Waals surface area contributed by atoms with E-state index < -0.39 is 0 Å². The van der Waals surface area contributed by atoms with Crippen LogP contribution in [0.1, 0.15) is 5.69 Å². The van der Waals surface area contributed by atoms with Crippen LogP contribution in [0.5, 0.6) is 0 Å². The van der Waals surface area contributed by atoms with Crippen molar-refractivity contribution in [2.24, 2.45) is 0 Å². The van der Waals surface area contributed by atoms with Gasteiger partial charge in [-0.1, -0.05) is 0 Å². The van der Waals surface area contributed by atoms with Gasteiger partial charge in [-0.2, -0.15) is 0 Å². The Balaban J connectivity index is 1.92. The van der Waals surface area contributed by atoms with Crippen molar-refractivity contribution in [1.29, 1.82) is 0 Å². The summed E-state index contributed by atoms with van der Waals surface area (Å²) in [6, 6.07) is 0. The lowest BCUT2D eigenvalue weighted by atomic mass is 10.2. The Morgan fingerprint density at radius 1 is 1.75 bits per heavy atom. The monoisotopic (exact) mass is 167 g/mol. The number of carbonyl (C=O) groups is 1. The summed E-state index contributed by atoms with van der Waals surface area (Å²) < 4.78 is 4.94. The van der Waals surface area contributed by atoms with E-state index >= 15 is 0 Å². The Hall–Kier alpha value is -1.52. The van der Waals surface area contributed by atoms with Gasteiger partial charge in [-0.3, -0.25) is 0 Å². The second-order valence-electron chi connectivity index (χ2n) is 2.69. The Morgan fingerprint density at radius 2 is 2.67 bits per heavy atom. The number of nitrogens with zero attached hydrogens (tertiary/aromatic N) is 1. The molecular weight excluding hydrogens is 158 g/mol. The first-order chi connectivity index (χ1) is 5.84. The van der Waals surface area contributed by atoms with Gasteiger partial charge in [0.2, 0.25) is 0 Å². The lowest BCUT2D eigenvalue weighted by molar-refractivity contribution is 0.140. The first-order valence-corrected chi connectivity index (χ1v) is 3.76. The predicted octanol–water partition coefficient (Wildman–Crippen LogP) is 0.0606. The highest BCUT2D eigenvalue weighted by Gasteiger charge is 2.22. The van der Waals surface area contributed by atoms with Crippen LogP contribution in [0.3, 0.4) is 0 Å². The second-order valence-corrected chi connectivity index (χ2v) is 2.69. The quantitative estimate of drug-likeness (QED) is 0.654. The molecule has 1 aromatic heterocycles. The molecule has 0 bridgehead atoms. The van der Waals surface area contributed by atoms with E-state index in [4.69, 9.17) is 4.74 Å². The average molecular weight is 167 g/mol. The Morgan fingerprint density at radius 3 is 3.25 bits per heavy atom. The van der Waals surface area contributed by atoms with Crippen molar-refractivity contribution in [1.82, 2.24) is 15.3 Å². The van der Waals surface area contributed by atoms with Crippen molar-refractivity contribution >= 4 is 6.09 Å². The fourth-order valence-electron chi connectivity index (χ4n) is 1.19. The van der Waals surface area contributed by atoms with Crippen LogP contribution in [0.2, 0.25) is 0 Å². The van der Waals surface area contributed by atoms with Crippen LogP contribution in [-0.2, 0) is 11.2 Å². The van der Waals surface area contributed by atoms with Gasteiger partial charge in [-0.15, -0.1) is 0 Å². The zero-order valence-electron chi connectivity index (χ0n) is 6.41. The molecule has 1 atom stereocenters. The van der Waals surface area contributed by atoms with Gasteiger partial charge in [0.25, 0.3) is 0 Å². The molecule has 0 spiro atoms. The van der Waals surface area contributed by atoms with Crippen LogP contribution in [0, 0.1) is 0 Å². The molecule has 1 unspecified atom stereocenters. The summed E-state index contributed by atoms with van der Waals surface area (Å²) in [5.41, 5.74) is 0.983. The number of aromatic amines is 1. The van der Waals surface area contributed by atoms with E-state index in [-0.39, 0.29) is 12.2 Å². The second kappa shape index (κ2) is 2.84. The number of nitrogens with one attached hydrogen (secondary N) is 2. The van der Waals surface area contributed by atoms with Gasteiger partial charge >= 0.3 is 6.09 Å². The molecule has 0 saturated carbocycles. The molecule has 0 radical (unpaired) electrons. The Bertz CT molecular complexity index is 270. The number of amides is 1. The Kier molecular flexibility index (Phi) is 1.69. The zero-order chi connectivity index (χ0) is 8.39. The maximum Gasteiger partial charge on any atom is 0.407 e. The molecule has 2 N–H and O–H groups in total.